The number of benzene rings is 2. The SMILES string of the molecule is CCN(C(=O)CNc1ccccc1)C1c2cc(C#N)ccc2OC(C)(C)C1O. The lowest BCUT2D eigenvalue weighted by Crippen LogP contribution is -2.55. The molecule has 1 aliphatic heterocycles. The molecule has 3 rings (SSSR count). The van der Waals surface area contributed by atoms with Gasteiger partial charge in [0, 0.05) is 17.8 Å². The van der Waals surface area contributed by atoms with E-state index < -0.39 is 17.7 Å². The van der Waals surface area contributed by atoms with Crippen molar-refractivity contribution in [2.45, 2.75) is 38.5 Å². The Hall–Kier alpha value is -3.04. The fourth-order valence-corrected chi connectivity index (χ4v) is 3.54. The number of hydrogen-bond donors (Lipinski definition) is 2. The Morgan fingerprint density at radius 1 is 1.29 bits per heavy atom. The smallest absolute Gasteiger partial charge is 0.242 e. The summed E-state index contributed by atoms with van der Waals surface area (Å²) in [6.07, 6.45) is -0.936. The predicted octanol–water partition coefficient (Wildman–Crippen LogP) is 3.09. The van der Waals surface area contributed by atoms with E-state index in [1.54, 1.807) is 36.9 Å². The number of anilines is 1. The maximum atomic E-state index is 13.0. The van der Waals surface area contributed by atoms with Crippen LogP contribution in [-0.4, -0.2) is 40.7 Å². The van der Waals surface area contributed by atoms with Crippen molar-refractivity contribution in [1.82, 2.24) is 4.90 Å². The summed E-state index contributed by atoms with van der Waals surface area (Å²) in [4.78, 5) is 14.7. The highest BCUT2D eigenvalue weighted by Crippen LogP contribution is 2.43. The highest BCUT2D eigenvalue weighted by Gasteiger charge is 2.46. The van der Waals surface area contributed by atoms with E-state index in [2.05, 4.69) is 11.4 Å². The van der Waals surface area contributed by atoms with Gasteiger partial charge in [0.05, 0.1) is 24.2 Å². The van der Waals surface area contributed by atoms with Gasteiger partial charge in [-0.1, -0.05) is 18.2 Å². The van der Waals surface area contributed by atoms with E-state index in [9.17, 15) is 15.2 Å². The third-order valence-electron chi connectivity index (χ3n) is 5.06. The lowest BCUT2D eigenvalue weighted by atomic mass is 9.85. The summed E-state index contributed by atoms with van der Waals surface area (Å²) in [7, 11) is 0. The normalized spacial score (nSPS) is 19.7. The second kappa shape index (κ2) is 7.91. The lowest BCUT2D eigenvalue weighted by molar-refractivity contribution is -0.142. The van der Waals surface area contributed by atoms with Crippen LogP contribution in [-0.2, 0) is 4.79 Å². The molecule has 2 aromatic rings. The Kier molecular flexibility index (Phi) is 5.57. The van der Waals surface area contributed by atoms with Crippen molar-refractivity contribution in [3.05, 3.63) is 59.7 Å². The van der Waals surface area contributed by atoms with Gasteiger partial charge in [-0.05, 0) is 51.1 Å². The Labute approximate surface area is 165 Å². The molecule has 0 radical (unpaired) electrons. The predicted molar refractivity (Wildman–Crippen MR) is 107 cm³/mol. The molecule has 2 unspecified atom stereocenters. The number of ether oxygens (including phenoxy) is 1. The number of aliphatic hydroxyl groups excluding tert-OH is 1. The molecule has 2 aromatic carbocycles. The highest BCUT2D eigenvalue weighted by molar-refractivity contribution is 5.81. The van der Waals surface area contributed by atoms with Gasteiger partial charge >= 0.3 is 0 Å². The van der Waals surface area contributed by atoms with Gasteiger partial charge in [-0.25, -0.2) is 0 Å². The molecule has 0 aromatic heterocycles. The van der Waals surface area contributed by atoms with E-state index in [1.807, 2.05) is 37.3 Å². The van der Waals surface area contributed by atoms with Crippen molar-refractivity contribution in [3.8, 4) is 11.8 Å². The van der Waals surface area contributed by atoms with Crippen LogP contribution >= 0.6 is 0 Å². The second-order valence-electron chi connectivity index (χ2n) is 7.36. The van der Waals surface area contributed by atoms with Crippen LogP contribution in [0, 0.1) is 11.3 Å². The first-order valence-corrected chi connectivity index (χ1v) is 9.37. The van der Waals surface area contributed by atoms with Gasteiger partial charge in [-0.3, -0.25) is 4.79 Å². The number of nitrogens with zero attached hydrogens (tertiary/aromatic N) is 2. The molecule has 1 amide bonds. The van der Waals surface area contributed by atoms with Crippen molar-refractivity contribution >= 4 is 11.6 Å². The summed E-state index contributed by atoms with van der Waals surface area (Å²) < 4.78 is 5.95. The van der Waals surface area contributed by atoms with Gasteiger partial charge in [-0.2, -0.15) is 5.26 Å². The van der Waals surface area contributed by atoms with Gasteiger partial charge in [-0.15, -0.1) is 0 Å². The zero-order chi connectivity index (χ0) is 20.3. The number of likely N-dealkylation sites (N-methyl/N-ethyl adjacent to an activating group) is 1. The Balaban J connectivity index is 1.91. The summed E-state index contributed by atoms with van der Waals surface area (Å²) in [5.41, 5.74) is 1.10. The Morgan fingerprint density at radius 3 is 2.64 bits per heavy atom. The van der Waals surface area contributed by atoms with E-state index in [-0.39, 0.29) is 12.5 Å². The number of carbonyl (C=O) groups is 1. The third-order valence-corrected chi connectivity index (χ3v) is 5.06. The molecule has 0 saturated heterocycles. The van der Waals surface area contributed by atoms with E-state index in [0.717, 1.165) is 5.69 Å². The Bertz CT molecular complexity index is 890. The standard InChI is InChI=1S/C22H25N3O3/c1-4-25(19(26)14-24-16-8-6-5-7-9-16)20-17-12-15(13-23)10-11-18(17)28-22(2,3)21(20)27/h5-12,20-21,24,27H,4,14H2,1-3H3. The van der Waals surface area contributed by atoms with Gasteiger partial charge in [0.1, 0.15) is 17.5 Å². The molecule has 0 bridgehead atoms. The molecule has 0 aliphatic carbocycles. The van der Waals surface area contributed by atoms with E-state index >= 15 is 0 Å². The summed E-state index contributed by atoms with van der Waals surface area (Å²) in [6.45, 7) is 6.00. The van der Waals surface area contributed by atoms with E-state index in [4.69, 9.17) is 4.74 Å². The van der Waals surface area contributed by atoms with Gasteiger partial charge in [0.2, 0.25) is 5.91 Å². The molecule has 0 saturated carbocycles. The fourth-order valence-electron chi connectivity index (χ4n) is 3.54. The molecule has 2 N–H and O–H groups in total. The molecule has 6 nitrogen and oxygen atoms in total. The maximum Gasteiger partial charge on any atom is 0.242 e. The lowest BCUT2D eigenvalue weighted by Gasteiger charge is -2.46. The Morgan fingerprint density at radius 2 is 2.00 bits per heavy atom. The molecule has 6 heteroatoms. The topological polar surface area (TPSA) is 85.6 Å². The van der Waals surface area contributed by atoms with Crippen LogP contribution in [0.25, 0.3) is 0 Å². The monoisotopic (exact) mass is 379 g/mol. The van der Waals surface area contributed by atoms with Crippen molar-refractivity contribution < 1.29 is 14.6 Å². The third kappa shape index (κ3) is 3.80. The van der Waals surface area contributed by atoms with Crippen molar-refractivity contribution in [2.24, 2.45) is 0 Å². The van der Waals surface area contributed by atoms with Crippen LogP contribution in [0.3, 0.4) is 0 Å². The second-order valence-corrected chi connectivity index (χ2v) is 7.36. The highest BCUT2D eigenvalue weighted by atomic mass is 16.5. The van der Waals surface area contributed by atoms with Crippen LogP contribution in [0.2, 0.25) is 0 Å². The molecular formula is C22H25N3O3. The molecular weight excluding hydrogens is 354 g/mol. The minimum Gasteiger partial charge on any atom is -0.485 e. The number of amides is 1. The average molecular weight is 379 g/mol. The number of rotatable bonds is 5. The van der Waals surface area contributed by atoms with Gasteiger partial charge < -0.3 is 20.1 Å². The minimum atomic E-state index is -0.936. The van der Waals surface area contributed by atoms with Crippen molar-refractivity contribution in [1.29, 1.82) is 5.26 Å². The number of aliphatic hydroxyl groups is 1. The van der Waals surface area contributed by atoms with E-state index in [1.165, 1.54) is 0 Å². The molecule has 2 atom stereocenters. The number of fused-ring (bicyclic) bond motifs is 1. The molecule has 28 heavy (non-hydrogen) atoms. The minimum absolute atomic E-state index is 0.107. The van der Waals surface area contributed by atoms with Gasteiger partial charge in [0.25, 0.3) is 0 Å². The largest absolute Gasteiger partial charge is 0.485 e. The van der Waals surface area contributed by atoms with Gasteiger partial charge in [0.15, 0.2) is 0 Å². The van der Waals surface area contributed by atoms with Crippen LogP contribution in [0.4, 0.5) is 5.69 Å². The number of carbonyl (C=O) groups excluding carboxylic acids is 1. The zero-order valence-corrected chi connectivity index (χ0v) is 16.3. The van der Waals surface area contributed by atoms with Crippen LogP contribution < -0.4 is 10.1 Å². The quantitative estimate of drug-likeness (QED) is 0.834. The first kappa shape index (κ1) is 19.7. The number of nitriles is 1. The summed E-state index contributed by atoms with van der Waals surface area (Å²) >= 11 is 0. The molecule has 1 heterocycles. The number of para-hydroxylation sites is 1. The van der Waals surface area contributed by atoms with Crippen LogP contribution in [0.15, 0.2) is 48.5 Å². The number of nitrogens with one attached hydrogen (secondary N) is 1. The van der Waals surface area contributed by atoms with Crippen molar-refractivity contribution in [3.63, 3.8) is 0 Å². The first-order valence-electron chi connectivity index (χ1n) is 9.37. The molecule has 0 spiro atoms. The molecule has 146 valence electrons. The van der Waals surface area contributed by atoms with Crippen molar-refractivity contribution in [2.75, 3.05) is 18.4 Å². The summed E-state index contributed by atoms with van der Waals surface area (Å²) in [6, 6.07) is 16.1. The van der Waals surface area contributed by atoms with Crippen LogP contribution in [0.5, 0.6) is 5.75 Å². The molecule has 1 aliphatic rings. The fraction of sp³-hybridized carbons (Fsp3) is 0.364. The summed E-state index contributed by atoms with van der Waals surface area (Å²) in [5, 5.41) is 23.4. The van der Waals surface area contributed by atoms with Crippen LogP contribution in [0.1, 0.15) is 37.9 Å². The zero-order valence-electron chi connectivity index (χ0n) is 16.3. The number of hydrogen-bond acceptors (Lipinski definition) is 5. The van der Waals surface area contributed by atoms with E-state index in [0.29, 0.717) is 23.4 Å². The summed E-state index contributed by atoms with van der Waals surface area (Å²) in [5.74, 6) is 0.447. The average Bonchev–Trinajstić information content (AvgIpc) is 2.70. The first-order chi connectivity index (χ1) is 13.4. The maximum absolute atomic E-state index is 13.0. The molecule has 0 fully saturated rings.